The van der Waals surface area contributed by atoms with Crippen LogP contribution in [-0.2, 0) is 9.53 Å². The Morgan fingerprint density at radius 2 is 2.08 bits per heavy atom. The van der Waals surface area contributed by atoms with Crippen LogP contribution < -0.4 is 0 Å². The summed E-state index contributed by atoms with van der Waals surface area (Å²) in [5.74, 6) is -0.386. The van der Waals surface area contributed by atoms with Crippen molar-refractivity contribution in [1.29, 1.82) is 0 Å². The molecule has 0 saturated heterocycles. The highest BCUT2D eigenvalue weighted by molar-refractivity contribution is 5.66. The second-order valence-electron chi connectivity index (χ2n) is 2.69. The Kier molecular flexibility index (Phi) is 3.46. The molecular weight excluding hydrogens is 168 g/mol. The summed E-state index contributed by atoms with van der Waals surface area (Å²) in [6.45, 7) is 1.13. The van der Waals surface area contributed by atoms with Gasteiger partial charge in [-0.25, -0.2) is 0 Å². The summed E-state index contributed by atoms with van der Waals surface area (Å²) < 4.78 is 4.90. The molecule has 0 amide bonds. The van der Waals surface area contributed by atoms with Crippen LogP contribution in [0.15, 0.2) is 30.3 Å². The maximum Gasteiger partial charge on any atom is 0.303 e. The minimum atomic E-state index is -0.543. The Labute approximate surface area is 77.0 Å². The number of aliphatic hydroxyl groups excluding tert-OH is 1. The van der Waals surface area contributed by atoms with Crippen molar-refractivity contribution in [3.63, 3.8) is 0 Å². The molecule has 13 heavy (non-hydrogen) atoms. The summed E-state index contributed by atoms with van der Waals surface area (Å²) in [7, 11) is 0. The molecule has 1 aromatic carbocycles. The molecule has 70 valence electrons. The fourth-order valence-corrected chi connectivity index (χ4v) is 1.08. The van der Waals surface area contributed by atoms with Crippen LogP contribution in [0.4, 0.5) is 0 Å². The average molecular weight is 180 g/mol. The topological polar surface area (TPSA) is 46.5 Å². The highest BCUT2D eigenvalue weighted by atomic mass is 16.5. The molecule has 1 N–H and O–H groups in total. The molecule has 0 spiro atoms. The van der Waals surface area contributed by atoms with Crippen LogP contribution in [0, 0.1) is 0 Å². The Bertz CT molecular complexity index is 269. The van der Waals surface area contributed by atoms with Gasteiger partial charge >= 0.3 is 5.97 Å². The molecule has 1 aromatic rings. The highest BCUT2D eigenvalue weighted by Gasteiger charge is 2.12. The van der Waals surface area contributed by atoms with Crippen LogP contribution in [0.2, 0.25) is 0 Å². The lowest BCUT2D eigenvalue weighted by atomic mass is 10.1. The minimum Gasteiger partial charge on any atom is -0.455 e. The summed E-state index contributed by atoms with van der Waals surface area (Å²) in [6, 6.07) is 9.16. The zero-order valence-electron chi connectivity index (χ0n) is 7.43. The molecule has 3 nitrogen and oxygen atoms in total. The Balaban J connectivity index is 2.73. The van der Waals surface area contributed by atoms with Gasteiger partial charge in [0.1, 0.15) is 6.10 Å². The lowest BCUT2D eigenvalue weighted by Crippen LogP contribution is -2.11. The fraction of sp³-hybridized carbons (Fsp3) is 0.300. The second-order valence-corrected chi connectivity index (χ2v) is 2.69. The minimum absolute atomic E-state index is 0.191. The van der Waals surface area contributed by atoms with Crippen molar-refractivity contribution in [2.45, 2.75) is 13.0 Å². The zero-order chi connectivity index (χ0) is 9.68. The van der Waals surface area contributed by atoms with E-state index in [1.807, 2.05) is 30.3 Å². The number of rotatable bonds is 3. The van der Waals surface area contributed by atoms with Crippen molar-refractivity contribution in [2.24, 2.45) is 0 Å². The van der Waals surface area contributed by atoms with Crippen molar-refractivity contribution < 1.29 is 14.6 Å². The SMILES string of the molecule is CC(=O)OC(CO)c1ccccc1. The van der Waals surface area contributed by atoms with E-state index in [-0.39, 0.29) is 12.6 Å². The van der Waals surface area contributed by atoms with E-state index in [2.05, 4.69) is 0 Å². The van der Waals surface area contributed by atoms with Gasteiger partial charge in [-0.05, 0) is 5.56 Å². The Morgan fingerprint density at radius 1 is 1.46 bits per heavy atom. The number of aliphatic hydroxyl groups is 1. The van der Waals surface area contributed by atoms with Gasteiger partial charge < -0.3 is 9.84 Å². The predicted octanol–water partition coefficient (Wildman–Crippen LogP) is 1.28. The van der Waals surface area contributed by atoms with Crippen LogP contribution in [0.1, 0.15) is 18.6 Å². The third kappa shape index (κ3) is 2.87. The number of esters is 1. The van der Waals surface area contributed by atoms with Gasteiger partial charge in [-0.15, -0.1) is 0 Å². The first-order chi connectivity index (χ1) is 6.24. The lowest BCUT2D eigenvalue weighted by Gasteiger charge is -2.13. The summed E-state index contributed by atoms with van der Waals surface area (Å²) in [4.78, 5) is 10.7. The third-order valence-corrected chi connectivity index (χ3v) is 1.65. The van der Waals surface area contributed by atoms with Crippen LogP contribution in [0.5, 0.6) is 0 Å². The highest BCUT2D eigenvalue weighted by Crippen LogP contribution is 2.15. The summed E-state index contributed by atoms with van der Waals surface area (Å²) in [5.41, 5.74) is 0.806. The third-order valence-electron chi connectivity index (χ3n) is 1.65. The Hall–Kier alpha value is -1.35. The van der Waals surface area contributed by atoms with Crippen molar-refractivity contribution in [3.8, 4) is 0 Å². The number of hydrogen-bond donors (Lipinski definition) is 1. The van der Waals surface area contributed by atoms with Crippen molar-refractivity contribution in [1.82, 2.24) is 0 Å². The maximum atomic E-state index is 10.7. The van der Waals surface area contributed by atoms with E-state index in [9.17, 15) is 4.79 Å². The number of hydrogen-bond acceptors (Lipinski definition) is 3. The number of carbonyl (C=O) groups is 1. The van der Waals surface area contributed by atoms with Crippen molar-refractivity contribution in [2.75, 3.05) is 6.61 Å². The smallest absolute Gasteiger partial charge is 0.303 e. The van der Waals surface area contributed by atoms with E-state index in [1.165, 1.54) is 6.92 Å². The van der Waals surface area contributed by atoms with Crippen molar-refractivity contribution >= 4 is 5.97 Å². The quantitative estimate of drug-likeness (QED) is 0.713. The lowest BCUT2D eigenvalue weighted by molar-refractivity contribution is -0.148. The van der Waals surface area contributed by atoms with Gasteiger partial charge in [-0.2, -0.15) is 0 Å². The molecule has 1 rings (SSSR count). The molecule has 0 heterocycles. The van der Waals surface area contributed by atoms with E-state index in [1.54, 1.807) is 0 Å². The van der Waals surface area contributed by atoms with Gasteiger partial charge in [0.2, 0.25) is 0 Å². The van der Waals surface area contributed by atoms with Gasteiger partial charge in [-0.1, -0.05) is 30.3 Å². The van der Waals surface area contributed by atoms with E-state index in [0.717, 1.165) is 5.56 Å². The monoisotopic (exact) mass is 180 g/mol. The van der Waals surface area contributed by atoms with Crippen LogP contribution in [0.25, 0.3) is 0 Å². The zero-order valence-corrected chi connectivity index (χ0v) is 7.43. The molecule has 0 saturated carbocycles. The van der Waals surface area contributed by atoms with E-state index in [4.69, 9.17) is 9.84 Å². The standard InChI is InChI=1S/C10H12O3/c1-8(12)13-10(7-11)9-5-3-2-4-6-9/h2-6,10-11H,7H2,1H3. The molecule has 0 radical (unpaired) electrons. The van der Waals surface area contributed by atoms with Gasteiger partial charge in [0, 0.05) is 6.92 Å². The van der Waals surface area contributed by atoms with Crippen LogP contribution in [0.3, 0.4) is 0 Å². The molecule has 0 aliphatic rings. The first kappa shape index (κ1) is 9.74. The molecule has 0 aliphatic carbocycles. The molecule has 0 aliphatic heterocycles. The molecular formula is C10H12O3. The second kappa shape index (κ2) is 4.62. The predicted molar refractivity (Wildman–Crippen MR) is 48.0 cm³/mol. The average Bonchev–Trinajstić information content (AvgIpc) is 2.15. The van der Waals surface area contributed by atoms with Gasteiger partial charge in [0.25, 0.3) is 0 Å². The molecule has 1 atom stereocenters. The summed E-state index contributed by atoms with van der Waals surface area (Å²) >= 11 is 0. The number of benzene rings is 1. The summed E-state index contributed by atoms with van der Waals surface area (Å²) in [6.07, 6.45) is -0.543. The number of carbonyl (C=O) groups excluding carboxylic acids is 1. The van der Waals surface area contributed by atoms with Gasteiger partial charge in [-0.3, -0.25) is 4.79 Å². The molecule has 3 heteroatoms. The molecule has 0 bridgehead atoms. The first-order valence-electron chi connectivity index (χ1n) is 4.07. The largest absolute Gasteiger partial charge is 0.455 e. The van der Waals surface area contributed by atoms with Crippen LogP contribution in [-0.4, -0.2) is 17.7 Å². The molecule has 1 unspecified atom stereocenters. The van der Waals surface area contributed by atoms with E-state index >= 15 is 0 Å². The molecule has 0 fully saturated rings. The fourth-order valence-electron chi connectivity index (χ4n) is 1.08. The Morgan fingerprint density at radius 3 is 2.54 bits per heavy atom. The first-order valence-corrected chi connectivity index (χ1v) is 4.07. The molecule has 0 aromatic heterocycles. The van der Waals surface area contributed by atoms with E-state index in [0.29, 0.717) is 0 Å². The summed E-state index contributed by atoms with van der Waals surface area (Å²) in [5, 5.41) is 8.95. The van der Waals surface area contributed by atoms with Gasteiger partial charge in [0.05, 0.1) is 6.61 Å². The normalized spacial score (nSPS) is 12.2. The number of ether oxygens (including phenoxy) is 1. The van der Waals surface area contributed by atoms with Gasteiger partial charge in [0.15, 0.2) is 0 Å². The van der Waals surface area contributed by atoms with Crippen molar-refractivity contribution in [3.05, 3.63) is 35.9 Å². The van der Waals surface area contributed by atoms with Crippen LogP contribution >= 0.6 is 0 Å². The van der Waals surface area contributed by atoms with E-state index < -0.39 is 6.10 Å². The maximum absolute atomic E-state index is 10.7.